The Morgan fingerprint density at radius 3 is 1.95 bits per heavy atom. The van der Waals surface area contributed by atoms with Crippen LogP contribution in [0.3, 0.4) is 0 Å². The number of hydrogen-bond acceptors (Lipinski definition) is 6. The molecule has 0 saturated carbocycles. The monoisotopic (exact) mass is 285 g/mol. The van der Waals surface area contributed by atoms with Crippen LogP contribution in [0, 0.1) is 0 Å². The number of nitrogens with zero attached hydrogens (tertiary/aromatic N) is 1. The molecule has 1 unspecified atom stereocenters. The first-order chi connectivity index (χ1) is 9.23. The second-order valence-electron chi connectivity index (χ2n) is 4.76. The van der Waals surface area contributed by atoms with Crippen LogP contribution >= 0.6 is 0 Å². The Labute approximate surface area is 120 Å². The molecule has 1 heterocycles. The number of ether oxygens (including phenoxy) is 3. The van der Waals surface area contributed by atoms with E-state index in [-0.39, 0.29) is 18.0 Å². The number of esters is 2. The van der Waals surface area contributed by atoms with Crippen molar-refractivity contribution in [2.45, 2.75) is 20.0 Å². The van der Waals surface area contributed by atoms with Gasteiger partial charge in [-0.15, -0.1) is 0 Å². The van der Waals surface area contributed by atoms with E-state index in [0.717, 1.165) is 0 Å². The van der Waals surface area contributed by atoms with E-state index in [4.69, 9.17) is 14.2 Å². The zero-order valence-corrected chi connectivity index (χ0v) is 12.6. The molecule has 0 aromatic rings. The van der Waals surface area contributed by atoms with E-state index in [1.165, 1.54) is 0 Å². The van der Waals surface area contributed by atoms with Crippen LogP contribution in [-0.4, -0.2) is 57.0 Å². The maximum Gasteiger partial charge on any atom is 0.334 e. The Morgan fingerprint density at radius 2 is 1.60 bits per heavy atom. The van der Waals surface area contributed by atoms with Crippen molar-refractivity contribution in [3.8, 4) is 0 Å². The standard InChI is InChI=1S/C7H13NO2.C7H10O3/c1-6(2)7(9)10-5-8(3)4;1-5(2)7(8)10-4-6-3-9-6/h1,5H2,2-4H3;6H,1,3-4H2,2H3. The van der Waals surface area contributed by atoms with E-state index < -0.39 is 0 Å². The van der Waals surface area contributed by atoms with Crippen molar-refractivity contribution < 1.29 is 23.8 Å². The van der Waals surface area contributed by atoms with Gasteiger partial charge >= 0.3 is 11.9 Å². The van der Waals surface area contributed by atoms with Crippen molar-refractivity contribution in [1.29, 1.82) is 0 Å². The first kappa shape index (κ1) is 18.3. The average Bonchev–Trinajstić information content (AvgIpc) is 3.17. The molecule has 0 aromatic heterocycles. The van der Waals surface area contributed by atoms with Crippen LogP contribution in [0.4, 0.5) is 0 Å². The van der Waals surface area contributed by atoms with Gasteiger partial charge < -0.3 is 14.2 Å². The maximum atomic E-state index is 10.7. The second-order valence-corrected chi connectivity index (χ2v) is 4.76. The van der Waals surface area contributed by atoms with Crippen LogP contribution in [-0.2, 0) is 23.8 Å². The molecular formula is C14H23NO5. The summed E-state index contributed by atoms with van der Waals surface area (Å²) in [6.45, 7) is 11.5. The Morgan fingerprint density at radius 1 is 1.15 bits per heavy atom. The lowest BCUT2D eigenvalue weighted by Crippen LogP contribution is -2.19. The average molecular weight is 285 g/mol. The van der Waals surface area contributed by atoms with Gasteiger partial charge in [0.1, 0.15) is 19.4 Å². The quantitative estimate of drug-likeness (QED) is 0.315. The summed E-state index contributed by atoms with van der Waals surface area (Å²) in [5.74, 6) is -0.677. The molecule has 1 fully saturated rings. The summed E-state index contributed by atoms with van der Waals surface area (Å²) in [5, 5.41) is 0. The highest BCUT2D eigenvalue weighted by atomic mass is 16.6. The Balaban J connectivity index is 0.000000361. The van der Waals surface area contributed by atoms with Gasteiger partial charge in [-0.1, -0.05) is 13.2 Å². The molecule has 0 bridgehead atoms. The van der Waals surface area contributed by atoms with Crippen LogP contribution in [0.1, 0.15) is 13.8 Å². The molecule has 6 nitrogen and oxygen atoms in total. The summed E-state index contributed by atoms with van der Waals surface area (Å²) in [4.78, 5) is 23.2. The smallest absolute Gasteiger partial charge is 0.334 e. The van der Waals surface area contributed by atoms with E-state index in [1.807, 2.05) is 14.1 Å². The first-order valence-electron chi connectivity index (χ1n) is 6.15. The molecule has 1 atom stereocenters. The third-order valence-corrected chi connectivity index (χ3v) is 1.95. The summed E-state index contributed by atoms with van der Waals surface area (Å²) in [7, 11) is 3.65. The van der Waals surface area contributed by atoms with Gasteiger partial charge in [0.05, 0.1) is 6.61 Å². The molecule has 0 N–H and O–H groups in total. The van der Waals surface area contributed by atoms with E-state index in [9.17, 15) is 9.59 Å². The van der Waals surface area contributed by atoms with Gasteiger partial charge in [-0.2, -0.15) is 0 Å². The highest BCUT2D eigenvalue weighted by Gasteiger charge is 2.24. The summed E-state index contributed by atoms with van der Waals surface area (Å²) < 4.78 is 14.3. The molecule has 0 amide bonds. The normalized spacial score (nSPS) is 15.8. The molecule has 0 aliphatic carbocycles. The zero-order valence-electron chi connectivity index (χ0n) is 12.6. The molecule has 114 valence electrons. The highest BCUT2D eigenvalue weighted by Crippen LogP contribution is 2.09. The van der Waals surface area contributed by atoms with Gasteiger partial charge in [-0.05, 0) is 27.9 Å². The topological polar surface area (TPSA) is 68.4 Å². The zero-order chi connectivity index (χ0) is 15.7. The minimum atomic E-state index is -0.339. The molecule has 0 aromatic carbocycles. The molecule has 1 aliphatic heterocycles. The molecule has 20 heavy (non-hydrogen) atoms. The Bertz CT molecular complexity index is 344. The van der Waals surface area contributed by atoms with Crippen LogP contribution < -0.4 is 0 Å². The summed E-state index contributed by atoms with van der Waals surface area (Å²) in [6, 6.07) is 0. The number of hydrogen-bond donors (Lipinski definition) is 0. The number of carbonyl (C=O) groups excluding carboxylic acids is 2. The van der Waals surface area contributed by atoms with Crippen molar-refractivity contribution >= 4 is 11.9 Å². The van der Waals surface area contributed by atoms with E-state index in [0.29, 0.717) is 31.1 Å². The minimum Gasteiger partial charge on any atom is -0.459 e. The summed E-state index contributed by atoms with van der Waals surface area (Å²) >= 11 is 0. The van der Waals surface area contributed by atoms with Gasteiger partial charge in [0.25, 0.3) is 0 Å². The lowest BCUT2D eigenvalue weighted by Gasteiger charge is -2.09. The first-order valence-corrected chi connectivity index (χ1v) is 6.15. The summed E-state index contributed by atoms with van der Waals surface area (Å²) in [6.07, 6.45) is 0.142. The van der Waals surface area contributed by atoms with Crippen molar-refractivity contribution in [2.75, 3.05) is 34.0 Å². The molecule has 1 aliphatic rings. The van der Waals surface area contributed by atoms with Crippen molar-refractivity contribution in [2.24, 2.45) is 0 Å². The van der Waals surface area contributed by atoms with Crippen molar-refractivity contribution in [3.63, 3.8) is 0 Å². The third kappa shape index (κ3) is 10.3. The fourth-order valence-electron chi connectivity index (χ4n) is 0.767. The van der Waals surface area contributed by atoms with Crippen LogP contribution in [0.25, 0.3) is 0 Å². The van der Waals surface area contributed by atoms with Crippen LogP contribution in [0.2, 0.25) is 0 Å². The van der Waals surface area contributed by atoms with Crippen LogP contribution in [0.15, 0.2) is 24.3 Å². The molecule has 1 rings (SSSR count). The van der Waals surface area contributed by atoms with E-state index in [1.54, 1.807) is 18.7 Å². The Hall–Kier alpha value is -1.66. The van der Waals surface area contributed by atoms with Gasteiger partial charge in [0, 0.05) is 11.1 Å². The molecule has 1 saturated heterocycles. The highest BCUT2D eigenvalue weighted by molar-refractivity contribution is 5.87. The lowest BCUT2D eigenvalue weighted by molar-refractivity contribution is -0.142. The summed E-state index contributed by atoms with van der Waals surface area (Å²) in [5.41, 5.74) is 0.863. The lowest BCUT2D eigenvalue weighted by atomic mass is 10.4. The minimum absolute atomic E-state index is 0.142. The van der Waals surface area contributed by atoms with Gasteiger partial charge in [0.2, 0.25) is 0 Å². The Kier molecular flexibility index (Phi) is 8.51. The number of carbonyl (C=O) groups is 2. The molecule has 6 heteroatoms. The SMILES string of the molecule is C=C(C)C(=O)OCC1CO1.C=C(C)C(=O)OCN(C)C. The molecule has 0 spiro atoms. The van der Waals surface area contributed by atoms with E-state index in [2.05, 4.69) is 13.2 Å². The van der Waals surface area contributed by atoms with Crippen molar-refractivity contribution in [1.82, 2.24) is 4.90 Å². The van der Waals surface area contributed by atoms with Gasteiger partial charge in [-0.3, -0.25) is 4.90 Å². The molecular weight excluding hydrogens is 262 g/mol. The second kappa shape index (κ2) is 9.28. The van der Waals surface area contributed by atoms with Gasteiger partial charge in [-0.25, -0.2) is 9.59 Å². The number of epoxide rings is 1. The molecule has 0 radical (unpaired) electrons. The fourth-order valence-corrected chi connectivity index (χ4v) is 0.767. The van der Waals surface area contributed by atoms with Crippen LogP contribution in [0.5, 0.6) is 0 Å². The van der Waals surface area contributed by atoms with Gasteiger partial charge in [0.15, 0.2) is 0 Å². The maximum absolute atomic E-state index is 10.7. The van der Waals surface area contributed by atoms with E-state index >= 15 is 0 Å². The predicted molar refractivity (Wildman–Crippen MR) is 75.0 cm³/mol. The third-order valence-electron chi connectivity index (χ3n) is 1.95. The van der Waals surface area contributed by atoms with Crippen molar-refractivity contribution in [3.05, 3.63) is 24.3 Å². The number of rotatable bonds is 6. The predicted octanol–water partition coefficient (Wildman–Crippen LogP) is 1.13. The fraction of sp³-hybridized carbons (Fsp3) is 0.571. The largest absolute Gasteiger partial charge is 0.459 e.